The van der Waals surface area contributed by atoms with E-state index < -0.39 is 6.10 Å². The lowest BCUT2D eigenvalue weighted by atomic mass is 9.92. The zero-order valence-corrected chi connectivity index (χ0v) is 16.5. The highest BCUT2D eigenvalue weighted by Crippen LogP contribution is 2.29. The second-order valence-corrected chi connectivity index (χ2v) is 8.20. The Labute approximate surface area is 170 Å². The van der Waals surface area contributed by atoms with E-state index in [0.29, 0.717) is 31.0 Å². The summed E-state index contributed by atoms with van der Waals surface area (Å²) in [4.78, 5) is 31.2. The minimum Gasteiger partial charge on any atom is -0.389 e. The van der Waals surface area contributed by atoms with E-state index in [1.165, 1.54) is 6.42 Å². The Morgan fingerprint density at radius 2 is 2.07 bits per heavy atom. The zero-order chi connectivity index (χ0) is 20.2. The number of carbonyl (C=O) groups excluding carboxylic acids is 2. The molecule has 8 heteroatoms. The van der Waals surface area contributed by atoms with Crippen LogP contribution in [0.3, 0.4) is 0 Å². The number of rotatable bonds is 4. The monoisotopic (exact) mass is 403 g/mol. The summed E-state index contributed by atoms with van der Waals surface area (Å²) >= 11 is 0. The molecule has 3 fully saturated rings. The summed E-state index contributed by atoms with van der Waals surface area (Å²) in [5.74, 6) is -0.187. The maximum Gasteiger partial charge on any atom is 0.272 e. The fourth-order valence-corrected chi connectivity index (χ4v) is 4.26. The van der Waals surface area contributed by atoms with Crippen LogP contribution in [0.5, 0.6) is 0 Å². The first kappa shape index (κ1) is 20.3. The summed E-state index contributed by atoms with van der Waals surface area (Å²) in [6.07, 6.45) is 5.32. The standard InChI is InChI=1S/C21H29N3O5/c25-15-11-24(21(27)17-6-1-2-9-22-17)18-8-7-16(29-19(18)13-28-12-15)10-20(26)23-14-4-3-5-14/h1-2,6,9,14-16,18-19,25H,3-5,7-8,10-13H2,(H,23,26)/t15-,16-,18-,19+/m1/s1. The summed E-state index contributed by atoms with van der Waals surface area (Å²) in [7, 11) is 0. The minimum absolute atomic E-state index is 0.0294. The Morgan fingerprint density at radius 3 is 2.79 bits per heavy atom. The SMILES string of the molecule is O=C(C[C@H]1CC[C@@H]2[C@H](COC[C@H](O)CN2C(=O)c2ccccn2)O1)NC1CCC1. The Kier molecular flexibility index (Phi) is 6.42. The van der Waals surface area contributed by atoms with E-state index in [-0.39, 0.29) is 49.8 Å². The first-order valence-corrected chi connectivity index (χ1v) is 10.5. The van der Waals surface area contributed by atoms with Crippen LogP contribution in [0.1, 0.15) is 49.0 Å². The summed E-state index contributed by atoms with van der Waals surface area (Å²) in [6.45, 7) is 0.604. The lowest BCUT2D eigenvalue weighted by Crippen LogP contribution is -2.57. The summed E-state index contributed by atoms with van der Waals surface area (Å²) in [5, 5.41) is 13.3. The van der Waals surface area contributed by atoms with E-state index in [9.17, 15) is 14.7 Å². The molecule has 8 nitrogen and oxygen atoms in total. The lowest BCUT2D eigenvalue weighted by Gasteiger charge is -2.44. The average Bonchev–Trinajstić information content (AvgIpc) is 2.68. The van der Waals surface area contributed by atoms with Gasteiger partial charge in [0.15, 0.2) is 0 Å². The Balaban J connectivity index is 1.42. The van der Waals surface area contributed by atoms with Crippen molar-refractivity contribution in [2.75, 3.05) is 19.8 Å². The Bertz CT molecular complexity index is 712. The first-order valence-electron chi connectivity index (χ1n) is 10.5. The molecular formula is C21H29N3O5. The molecule has 3 aliphatic rings. The van der Waals surface area contributed by atoms with Gasteiger partial charge in [-0.25, -0.2) is 0 Å². The van der Waals surface area contributed by atoms with Gasteiger partial charge < -0.3 is 24.8 Å². The first-order chi connectivity index (χ1) is 14.1. The number of carbonyl (C=O) groups is 2. The van der Waals surface area contributed by atoms with Crippen molar-refractivity contribution in [2.45, 2.75) is 68.9 Å². The number of aliphatic hydroxyl groups is 1. The Hall–Kier alpha value is -2.03. The van der Waals surface area contributed by atoms with Crippen molar-refractivity contribution in [3.63, 3.8) is 0 Å². The van der Waals surface area contributed by atoms with E-state index in [2.05, 4.69) is 10.3 Å². The van der Waals surface area contributed by atoms with Crippen molar-refractivity contribution >= 4 is 11.8 Å². The number of β-amino-alcohol motifs (C(OH)–C–C–N with tert-alkyl or cyclic N) is 1. The summed E-state index contributed by atoms with van der Waals surface area (Å²) in [6, 6.07) is 5.31. The Morgan fingerprint density at radius 1 is 1.21 bits per heavy atom. The molecule has 29 heavy (non-hydrogen) atoms. The molecule has 1 aromatic heterocycles. The van der Waals surface area contributed by atoms with E-state index >= 15 is 0 Å². The van der Waals surface area contributed by atoms with Crippen molar-refractivity contribution in [3.05, 3.63) is 30.1 Å². The third kappa shape index (κ3) is 4.94. The van der Waals surface area contributed by atoms with Crippen molar-refractivity contribution < 1.29 is 24.2 Å². The highest BCUT2D eigenvalue weighted by molar-refractivity contribution is 5.92. The van der Waals surface area contributed by atoms with Gasteiger partial charge in [-0.15, -0.1) is 0 Å². The third-order valence-electron chi connectivity index (χ3n) is 6.01. The molecule has 0 radical (unpaired) electrons. The molecule has 2 aliphatic heterocycles. The number of hydrogen-bond donors (Lipinski definition) is 2. The van der Waals surface area contributed by atoms with Gasteiger partial charge in [0.25, 0.3) is 5.91 Å². The van der Waals surface area contributed by atoms with Crippen LogP contribution >= 0.6 is 0 Å². The number of fused-ring (bicyclic) bond motifs is 1. The number of pyridine rings is 1. The second-order valence-electron chi connectivity index (χ2n) is 8.20. The van der Waals surface area contributed by atoms with Gasteiger partial charge in [0.05, 0.1) is 37.9 Å². The highest BCUT2D eigenvalue weighted by atomic mass is 16.5. The maximum absolute atomic E-state index is 13.1. The fourth-order valence-electron chi connectivity index (χ4n) is 4.26. The molecule has 4 atom stereocenters. The number of hydrogen-bond acceptors (Lipinski definition) is 6. The number of ether oxygens (including phenoxy) is 2. The molecule has 1 aliphatic carbocycles. The van der Waals surface area contributed by atoms with Gasteiger partial charge in [-0.2, -0.15) is 0 Å². The van der Waals surface area contributed by atoms with Crippen molar-refractivity contribution in [3.8, 4) is 0 Å². The van der Waals surface area contributed by atoms with Gasteiger partial charge in [0, 0.05) is 18.8 Å². The van der Waals surface area contributed by atoms with Crippen LogP contribution in [0.15, 0.2) is 24.4 Å². The van der Waals surface area contributed by atoms with Gasteiger partial charge in [-0.05, 0) is 44.2 Å². The van der Waals surface area contributed by atoms with Crippen molar-refractivity contribution in [1.82, 2.24) is 15.2 Å². The lowest BCUT2D eigenvalue weighted by molar-refractivity contribution is -0.151. The summed E-state index contributed by atoms with van der Waals surface area (Å²) < 4.78 is 11.8. The van der Waals surface area contributed by atoms with Gasteiger partial charge in [0.1, 0.15) is 11.8 Å². The molecule has 1 saturated carbocycles. The molecule has 158 valence electrons. The minimum atomic E-state index is -0.755. The largest absolute Gasteiger partial charge is 0.389 e. The quantitative estimate of drug-likeness (QED) is 0.774. The van der Waals surface area contributed by atoms with E-state index in [1.807, 2.05) is 0 Å². The smallest absolute Gasteiger partial charge is 0.272 e. The van der Waals surface area contributed by atoms with Crippen LogP contribution in [0.4, 0.5) is 0 Å². The molecule has 3 heterocycles. The number of amides is 2. The van der Waals surface area contributed by atoms with E-state index in [0.717, 1.165) is 12.8 Å². The molecule has 4 rings (SSSR count). The average molecular weight is 403 g/mol. The molecule has 2 amide bonds. The molecule has 2 saturated heterocycles. The molecule has 0 aromatic carbocycles. The molecular weight excluding hydrogens is 374 g/mol. The van der Waals surface area contributed by atoms with Crippen LogP contribution in [0.25, 0.3) is 0 Å². The number of aliphatic hydroxyl groups excluding tert-OH is 1. The summed E-state index contributed by atoms with van der Waals surface area (Å²) in [5.41, 5.74) is 0.349. The van der Waals surface area contributed by atoms with Crippen LogP contribution in [-0.2, 0) is 14.3 Å². The van der Waals surface area contributed by atoms with Gasteiger partial charge in [-0.1, -0.05) is 6.07 Å². The van der Waals surface area contributed by atoms with Crippen molar-refractivity contribution in [2.24, 2.45) is 0 Å². The van der Waals surface area contributed by atoms with Crippen LogP contribution < -0.4 is 5.32 Å². The van der Waals surface area contributed by atoms with Gasteiger partial charge in [-0.3, -0.25) is 14.6 Å². The number of nitrogens with one attached hydrogen (secondary N) is 1. The fraction of sp³-hybridized carbons (Fsp3) is 0.667. The third-order valence-corrected chi connectivity index (χ3v) is 6.01. The molecule has 0 unspecified atom stereocenters. The molecule has 2 N–H and O–H groups in total. The van der Waals surface area contributed by atoms with Crippen molar-refractivity contribution in [1.29, 1.82) is 0 Å². The number of nitrogens with zero attached hydrogens (tertiary/aromatic N) is 2. The van der Waals surface area contributed by atoms with Gasteiger partial charge >= 0.3 is 0 Å². The maximum atomic E-state index is 13.1. The predicted molar refractivity (Wildman–Crippen MR) is 104 cm³/mol. The van der Waals surface area contributed by atoms with Crippen LogP contribution in [0, 0.1) is 0 Å². The molecule has 0 bridgehead atoms. The predicted octanol–water partition coefficient (Wildman–Crippen LogP) is 0.890. The van der Waals surface area contributed by atoms with Gasteiger partial charge in [0.2, 0.25) is 5.91 Å². The number of aromatic nitrogens is 1. The second kappa shape index (κ2) is 9.19. The molecule has 1 aromatic rings. The normalized spacial score (nSPS) is 30.4. The van der Waals surface area contributed by atoms with Crippen LogP contribution in [0.2, 0.25) is 0 Å². The molecule has 0 spiro atoms. The zero-order valence-electron chi connectivity index (χ0n) is 16.5. The van der Waals surface area contributed by atoms with E-state index in [4.69, 9.17) is 9.47 Å². The highest BCUT2D eigenvalue weighted by Gasteiger charge is 2.40. The van der Waals surface area contributed by atoms with E-state index in [1.54, 1.807) is 29.3 Å². The van der Waals surface area contributed by atoms with Crippen LogP contribution in [-0.4, -0.2) is 77.0 Å². The topological polar surface area (TPSA) is 101 Å².